The Morgan fingerprint density at radius 2 is 0.961 bits per heavy atom. The third-order valence-corrected chi connectivity index (χ3v) is 10.6. The Kier molecular flexibility index (Phi) is 6.89. The largest absolute Gasteiger partial charge is 0.256 e. The standard InChI is InChI=1S/C49H34N2/c1-31-24-40(29-51-49(31)41-27-37-14-6-9-17-46(37)50-30-41)36-22-23-44-45(28-36)48(39-21-19-33-11-3-5-13-35(33)26-39)43-16-8-7-15-42(43)47(44)38-20-18-32-10-2-4-12-34(32)25-38/h2-6,9-30H,7-8H2,1H3. The summed E-state index contributed by atoms with van der Waals surface area (Å²) >= 11 is 0. The van der Waals surface area contributed by atoms with Crippen molar-refractivity contribution in [1.82, 2.24) is 9.97 Å². The van der Waals surface area contributed by atoms with Crippen LogP contribution in [-0.4, -0.2) is 9.97 Å². The molecule has 7 aromatic carbocycles. The molecule has 10 rings (SSSR count). The normalized spacial score (nSPS) is 12.6. The molecule has 0 aliphatic heterocycles. The molecule has 0 N–H and O–H groups in total. The van der Waals surface area contributed by atoms with E-state index in [0.29, 0.717) is 0 Å². The topological polar surface area (TPSA) is 25.8 Å². The number of hydrogen-bond donors (Lipinski definition) is 0. The van der Waals surface area contributed by atoms with Crippen molar-refractivity contribution in [2.24, 2.45) is 0 Å². The van der Waals surface area contributed by atoms with Crippen molar-refractivity contribution in [2.75, 3.05) is 0 Å². The zero-order valence-corrected chi connectivity index (χ0v) is 28.4. The molecule has 2 nitrogen and oxygen atoms in total. The maximum absolute atomic E-state index is 5.04. The highest BCUT2D eigenvalue weighted by atomic mass is 14.7. The van der Waals surface area contributed by atoms with Crippen molar-refractivity contribution in [3.05, 3.63) is 168 Å². The Morgan fingerprint density at radius 1 is 0.412 bits per heavy atom. The van der Waals surface area contributed by atoms with E-state index in [-0.39, 0.29) is 0 Å². The molecule has 0 unspecified atom stereocenters. The smallest absolute Gasteiger partial charge is 0.0747 e. The Bertz CT molecular complexity index is 2990. The van der Waals surface area contributed by atoms with E-state index in [1.54, 1.807) is 0 Å². The van der Waals surface area contributed by atoms with Crippen molar-refractivity contribution >= 4 is 55.4 Å². The second-order valence-electron chi connectivity index (χ2n) is 13.8. The number of benzene rings is 7. The number of para-hydroxylation sites is 1. The van der Waals surface area contributed by atoms with E-state index in [1.807, 2.05) is 24.5 Å². The molecule has 2 heterocycles. The average molecular weight is 651 g/mol. The lowest BCUT2D eigenvalue weighted by atomic mass is 9.84. The molecule has 0 saturated carbocycles. The van der Waals surface area contributed by atoms with Gasteiger partial charge in [0.25, 0.3) is 0 Å². The van der Waals surface area contributed by atoms with E-state index >= 15 is 0 Å². The highest BCUT2D eigenvalue weighted by Crippen LogP contribution is 2.37. The quantitative estimate of drug-likeness (QED) is 0.189. The maximum Gasteiger partial charge on any atom is 0.0747 e. The lowest BCUT2D eigenvalue weighted by Crippen LogP contribution is -2.31. The van der Waals surface area contributed by atoms with E-state index in [2.05, 4.69) is 146 Å². The van der Waals surface area contributed by atoms with Gasteiger partial charge in [0.15, 0.2) is 0 Å². The fourth-order valence-electron chi connectivity index (χ4n) is 8.13. The van der Waals surface area contributed by atoms with Gasteiger partial charge in [-0.15, -0.1) is 0 Å². The molecule has 0 atom stereocenters. The fourth-order valence-corrected chi connectivity index (χ4v) is 8.13. The monoisotopic (exact) mass is 650 g/mol. The Balaban J connectivity index is 1.21. The van der Waals surface area contributed by atoms with Gasteiger partial charge >= 0.3 is 0 Å². The first-order valence-electron chi connectivity index (χ1n) is 17.8. The van der Waals surface area contributed by atoms with Gasteiger partial charge in [-0.2, -0.15) is 0 Å². The first-order valence-corrected chi connectivity index (χ1v) is 17.8. The van der Waals surface area contributed by atoms with Gasteiger partial charge in [0, 0.05) is 28.9 Å². The van der Waals surface area contributed by atoms with Crippen molar-refractivity contribution < 1.29 is 0 Å². The Hall–Kier alpha value is -6.38. The number of pyridine rings is 2. The number of aromatic nitrogens is 2. The molecular weight excluding hydrogens is 617 g/mol. The van der Waals surface area contributed by atoms with Crippen LogP contribution in [0.3, 0.4) is 0 Å². The minimum Gasteiger partial charge on any atom is -0.256 e. The van der Waals surface area contributed by atoms with Crippen molar-refractivity contribution in [3.8, 4) is 44.6 Å². The van der Waals surface area contributed by atoms with Crippen LogP contribution in [0.1, 0.15) is 18.4 Å². The molecule has 0 amide bonds. The molecule has 2 heteroatoms. The van der Waals surface area contributed by atoms with Gasteiger partial charge in [-0.25, -0.2) is 0 Å². The predicted molar refractivity (Wildman–Crippen MR) is 216 cm³/mol. The summed E-state index contributed by atoms with van der Waals surface area (Å²) in [5, 5.41) is 11.4. The Morgan fingerprint density at radius 3 is 1.63 bits per heavy atom. The summed E-state index contributed by atoms with van der Waals surface area (Å²) in [4.78, 5) is 9.75. The Labute approximate surface area is 296 Å². The molecule has 0 radical (unpaired) electrons. The number of aryl methyl sites for hydroxylation is 1. The van der Waals surface area contributed by atoms with E-state index in [1.165, 1.54) is 65.0 Å². The van der Waals surface area contributed by atoms with Crippen molar-refractivity contribution in [1.29, 1.82) is 0 Å². The van der Waals surface area contributed by atoms with E-state index in [4.69, 9.17) is 9.97 Å². The van der Waals surface area contributed by atoms with Crippen LogP contribution in [0.25, 0.3) is 100 Å². The molecule has 1 aliphatic carbocycles. The van der Waals surface area contributed by atoms with Crippen LogP contribution in [0.4, 0.5) is 0 Å². The summed E-state index contributed by atoms with van der Waals surface area (Å²) in [5.41, 5.74) is 11.5. The zero-order valence-electron chi connectivity index (χ0n) is 28.4. The molecule has 0 fully saturated rings. The lowest BCUT2D eigenvalue weighted by molar-refractivity contribution is 1.12. The third-order valence-electron chi connectivity index (χ3n) is 10.6. The predicted octanol–water partition coefficient (Wildman–Crippen LogP) is 11.4. The zero-order chi connectivity index (χ0) is 33.9. The van der Waals surface area contributed by atoms with Gasteiger partial charge in [0.2, 0.25) is 0 Å². The minimum atomic E-state index is 0.965. The maximum atomic E-state index is 5.04. The van der Waals surface area contributed by atoms with E-state index < -0.39 is 0 Å². The summed E-state index contributed by atoms with van der Waals surface area (Å²) < 4.78 is 0. The lowest BCUT2D eigenvalue weighted by Gasteiger charge is -2.19. The van der Waals surface area contributed by atoms with Crippen LogP contribution in [0, 0.1) is 6.92 Å². The second kappa shape index (κ2) is 11.9. The molecule has 0 saturated heterocycles. The minimum absolute atomic E-state index is 0.965. The molecule has 2 aromatic heterocycles. The van der Waals surface area contributed by atoms with Crippen molar-refractivity contribution in [3.63, 3.8) is 0 Å². The summed E-state index contributed by atoms with van der Waals surface area (Å²) in [6, 6.07) is 50.9. The number of fused-ring (bicyclic) bond motifs is 5. The molecule has 0 spiro atoms. The summed E-state index contributed by atoms with van der Waals surface area (Å²) in [7, 11) is 0. The highest BCUT2D eigenvalue weighted by molar-refractivity contribution is 6.09. The number of rotatable bonds is 4. The first kappa shape index (κ1) is 29.5. The van der Waals surface area contributed by atoms with E-state index in [9.17, 15) is 0 Å². The fraction of sp³-hybridized carbons (Fsp3) is 0.0612. The van der Waals surface area contributed by atoms with Gasteiger partial charge in [0.1, 0.15) is 0 Å². The molecular formula is C49H34N2. The molecule has 0 bridgehead atoms. The summed E-state index contributed by atoms with van der Waals surface area (Å²) in [5.74, 6) is 0. The van der Waals surface area contributed by atoms with Crippen LogP contribution in [-0.2, 0) is 0 Å². The van der Waals surface area contributed by atoms with Gasteiger partial charge < -0.3 is 0 Å². The molecule has 240 valence electrons. The average Bonchev–Trinajstić information content (AvgIpc) is 3.19. The van der Waals surface area contributed by atoms with Crippen LogP contribution in [0.5, 0.6) is 0 Å². The van der Waals surface area contributed by atoms with Crippen LogP contribution < -0.4 is 10.4 Å². The van der Waals surface area contributed by atoms with Gasteiger partial charge in [0.05, 0.1) is 11.2 Å². The summed E-state index contributed by atoms with van der Waals surface area (Å²) in [6.07, 6.45) is 11.0. The van der Waals surface area contributed by atoms with Crippen molar-refractivity contribution in [2.45, 2.75) is 19.8 Å². The van der Waals surface area contributed by atoms with Crippen LogP contribution in [0.15, 0.2) is 152 Å². The van der Waals surface area contributed by atoms with Crippen LogP contribution in [0.2, 0.25) is 0 Å². The van der Waals surface area contributed by atoms with Crippen LogP contribution >= 0.6 is 0 Å². The molecule has 1 aliphatic rings. The van der Waals surface area contributed by atoms with Gasteiger partial charge in [-0.3, -0.25) is 9.97 Å². The number of hydrogen-bond acceptors (Lipinski definition) is 2. The third kappa shape index (κ3) is 5.03. The molecule has 9 aromatic rings. The van der Waals surface area contributed by atoms with Gasteiger partial charge in [-0.1, -0.05) is 115 Å². The first-order chi connectivity index (χ1) is 25.2. The summed E-state index contributed by atoms with van der Waals surface area (Å²) in [6.45, 7) is 2.15. The second-order valence-corrected chi connectivity index (χ2v) is 13.8. The highest BCUT2D eigenvalue weighted by Gasteiger charge is 2.18. The number of nitrogens with zero attached hydrogens (tertiary/aromatic N) is 2. The molecule has 51 heavy (non-hydrogen) atoms. The van der Waals surface area contributed by atoms with E-state index in [0.717, 1.165) is 51.7 Å². The van der Waals surface area contributed by atoms with Gasteiger partial charge in [-0.05, 0) is 132 Å². The SMILES string of the molecule is Cc1cc(-c2ccc3c(-c4ccc5ccccc5c4)c4c(c(-c5ccc6ccccc6c5)c3c2)=CCCC=4)cnc1-c1cnc2ccccc2c1.